The lowest BCUT2D eigenvalue weighted by Gasteiger charge is -2.27. The Balaban J connectivity index is 2.11. The number of carbonyl (C=O) groups excluding carboxylic acids is 1. The number of ether oxygens (including phenoxy) is 1. The molecule has 0 aliphatic carbocycles. The molecule has 0 saturated carbocycles. The van der Waals surface area contributed by atoms with Crippen LogP contribution in [0.5, 0.6) is 0 Å². The molecule has 2 N–H and O–H groups in total. The van der Waals surface area contributed by atoms with Crippen LogP contribution in [0.1, 0.15) is 18.1 Å². The summed E-state index contributed by atoms with van der Waals surface area (Å²) in [6.07, 6.45) is 2.83. The fraction of sp³-hybridized carbons (Fsp3) is 0.429. The van der Waals surface area contributed by atoms with E-state index in [1.54, 1.807) is 24.5 Å². The molecule has 2 heterocycles. The number of nitrogens with zero attached hydrogens (tertiary/aromatic N) is 2. The van der Waals surface area contributed by atoms with E-state index >= 15 is 0 Å². The van der Waals surface area contributed by atoms with Gasteiger partial charge in [-0.25, -0.2) is 4.79 Å². The largest absolute Gasteiger partial charge is 0.445 e. The molecule has 1 aromatic heterocycles. The Kier molecular flexibility index (Phi) is 4.70. The lowest BCUT2D eigenvalue weighted by Crippen LogP contribution is -2.39. The maximum Gasteiger partial charge on any atom is 0.410 e. The van der Waals surface area contributed by atoms with Crippen molar-refractivity contribution in [2.75, 3.05) is 13.2 Å². The Hall–Kier alpha value is -1.92. The van der Waals surface area contributed by atoms with Crippen LogP contribution in [0.15, 0.2) is 37.2 Å². The zero-order valence-electron chi connectivity index (χ0n) is 11.1. The predicted molar refractivity (Wildman–Crippen MR) is 71.9 cm³/mol. The van der Waals surface area contributed by atoms with Crippen LogP contribution in [0.2, 0.25) is 0 Å². The second-order valence-corrected chi connectivity index (χ2v) is 4.70. The number of pyridine rings is 1. The highest BCUT2D eigenvalue weighted by atomic mass is 16.6. The highest BCUT2D eigenvalue weighted by Gasteiger charge is 2.39. The van der Waals surface area contributed by atoms with Crippen LogP contribution >= 0.6 is 0 Å². The van der Waals surface area contributed by atoms with Gasteiger partial charge < -0.3 is 14.9 Å². The first kappa shape index (κ1) is 14.5. The average molecular weight is 278 g/mol. The van der Waals surface area contributed by atoms with Gasteiger partial charge in [0, 0.05) is 12.4 Å². The minimum absolute atomic E-state index is 0.101. The molecule has 108 valence electrons. The minimum Gasteiger partial charge on any atom is -0.445 e. The molecule has 0 radical (unpaired) electrons. The second kappa shape index (κ2) is 6.49. The van der Waals surface area contributed by atoms with Crippen LogP contribution in [-0.2, 0) is 4.74 Å². The molecule has 20 heavy (non-hydrogen) atoms. The van der Waals surface area contributed by atoms with E-state index in [4.69, 9.17) is 4.74 Å². The van der Waals surface area contributed by atoms with Crippen molar-refractivity contribution in [1.82, 2.24) is 9.88 Å². The number of rotatable bonds is 4. The first-order valence-electron chi connectivity index (χ1n) is 6.44. The number of aliphatic hydroxyl groups is 2. The molecule has 1 aromatic rings. The van der Waals surface area contributed by atoms with Crippen molar-refractivity contribution in [2.24, 2.45) is 0 Å². The van der Waals surface area contributed by atoms with E-state index < -0.39 is 24.3 Å². The number of aliphatic hydroxyl groups excluding tert-OH is 2. The monoisotopic (exact) mass is 278 g/mol. The summed E-state index contributed by atoms with van der Waals surface area (Å²) < 4.78 is 4.97. The molecule has 0 aromatic carbocycles. The van der Waals surface area contributed by atoms with Crippen LogP contribution in [0, 0.1) is 0 Å². The van der Waals surface area contributed by atoms with Crippen molar-refractivity contribution in [2.45, 2.75) is 24.7 Å². The quantitative estimate of drug-likeness (QED) is 0.799. The number of aromatic nitrogens is 1. The number of carbonyl (C=O) groups is 1. The van der Waals surface area contributed by atoms with Crippen molar-refractivity contribution >= 4 is 6.09 Å². The number of likely N-dealkylation sites (tertiary alicyclic amines) is 1. The molecular formula is C14H18N2O4. The fourth-order valence-electron chi connectivity index (χ4n) is 2.35. The zero-order chi connectivity index (χ0) is 14.5. The molecule has 1 fully saturated rings. The molecular weight excluding hydrogens is 260 g/mol. The Morgan fingerprint density at radius 3 is 2.95 bits per heavy atom. The standard InChI is InChI=1S/C14H18N2O4/c1-2-7-20-14(19)16-9-11(17)8-12(16)13(18)10-3-5-15-6-4-10/h2-6,11-13,17-18H,1,7-9H2/t11-,12+,13+/m1/s1. The molecule has 6 nitrogen and oxygen atoms in total. The van der Waals surface area contributed by atoms with Crippen molar-refractivity contribution < 1.29 is 19.7 Å². The topological polar surface area (TPSA) is 82.9 Å². The average Bonchev–Trinajstić information content (AvgIpc) is 2.87. The predicted octanol–water partition coefficient (Wildman–Crippen LogP) is 0.873. The summed E-state index contributed by atoms with van der Waals surface area (Å²) in [5, 5.41) is 20.1. The summed E-state index contributed by atoms with van der Waals surface area (Å²) in [4.78, 5) is 17.2. The molecule has 0 spiro atoms. The van der Waals surface area contributed by atoms with Crippen LogP contribution in [0.4, 0.5) is 4.79 Å². The van der Waals surface area contributed by atoms with Crippen LogP contribution in [0.3, 0.4) is 0 Å². The van der Waals surface area contributed by atoms with Gasteiger partial charge in [-0.05, 0) is 24.1 Å². The summed E-state index contributed by atoms with van der Waals surface area (Å²) in [5.74, 6) is 0. The van der Waals surface area contributed by atoms with Gasteiger partial charge in [0.25, 0.3) is 0 Å². The summed E-state index contributed by atoms with van der Waals surface area (Å²) in [5.41, 5.74) is 0.653. The second-order valence-electron chi connectivity index (χ2n) is 4.70. The van der Waals surface area contributed by atoms with Gasteiger partial charge in [-0.1, -0.05) is 12.7 Å². The molecule has 0 unspecified atom stereocenters. The lowest BCUT2D eigenvalue weighted by molar-refractivity contribution is 0.0550. The first-order chi connectivity index (χ1) is 9.63. The van der Waals surface area contributed by atoms with Gasteiger partial charge in [0.15, 0.2) is 0 Å². The van der Waals surface area contributed by atoms with E-state index in [1.807, 2.05) is 0 Å². The molecule has 1 saturated heterocycles. The number of hydrogen-bond acceptors (Lipinski definition) is 5. The van der Waals surface area contributed by atoms with Gasteiger partial charge in [-0.2, -0.15) is 0 Å². The molecule has 3 atom stereocenters. The Morgan fingerprint density at radius 2 is 2.30 bits per heavy atom. The van der Waals surface area contributed by atoms with Gasteiger partial charge in [0.05, 0.1) is 24.8 Å². The number of amides is 1. The first-order valence-corrected chi connectivity index (χ1v) is 6.44. The highest BCUT2D eigenvalue weighted by molar-refractivity contribution is 5.68. The van der Waals surface area contributed by atoms with Crippen molar-refractivity contribution in [3.63, 3.8) is 0 Å². The summed E-state index contributed by atoms with van der Waals surface area (Å²) in [6.45, 7) is 3.73. The van der Waals surface area contributed by atoms with Crippen LogP contribution in [-0.4, -0.2) is 51.5 Å². The summed E-state index contributed by atoms with van der Waals surface area (Å²) in [6, 6.07) is 2.86. The van der Waals surface area contributed by atoms with Gasteiger partial charge in [0.2, 0.25) is 0 Å². The van der Waals surface area contributed by atoms with Gasteiger partial charge in [-0.15, -0.1) is 0 Å². The summed E-state index contributed by atoms with van der Waals surface area (Å²) in [7, 11) is 0. The maximum absolute atomic E-state index is 11.9. The minimum atomic E-state index is -0.883. The molecule has 1 aliphatic rings. The van der Waals surface area contributed by atoms with Crippen molar-refractivity contribution in [3.8, 4) is 0 Å². The van der Waals surface area contributed by atoms with Crippen molar-refractivity contribution in [1.29, 1.82) is 0 Å². The third-order valence-electron chi connectivity index (χ3n) is 3.29. The summed E-state index contributed by atoms with van der Waals surface area (Å²) >= 11 is 0. The normalized spacial score (nSPS) is 23.4. The fourth-order valence-corrected chi connectivity index (χ4v) is 2.35. The number of hydrogen-bond donors (Lipinski definition) is 2. The van der Waals surface area contributed by atoms with Crippen LogP contribution in [0.25, 0.3) is 0 Å². The molecule has 2 rings (SSSR count). The highest BCUT2D eigenvalue weighted by Crippen LogP contribution is 2.29. The van der Waals surface area contributed by atoms with E-state index in [2.05, 4.69) is 11.6 Å². The Morgan fingerprint density at radius 1 is 1.60 bits per heavy atom. The third-order valence-corrected chi connectivity index (χ3v) is 3.29. The molecule has 1 amide bonds. The molecule has 6 heteroatoms. The van der Waals surface area contributed by atoms with E-state index in [0.717, 1.165) is 0 Å². The van der Waals surface area contributed by atoms with Crippen molar-refractivity contribution in [3.05, 3.63) is 42.7 Å². The smallest absolute Gasteiger partial charge is 0.410 e. The number of β-amino-alcohol motifs (C(OH)–C–C–N with tert-alkyl or cyclic N) is 1. The lowest BCUT2D eigenvalue weighted by atomic mass is 10.0. The van der Waals surface area contributed by atoms with Gasteiger partial charge >= 0.3 is 6.09 Å². The van der Waals surface area contributed by atoms with E-state index in [0.29, 0.717) is 12.0 Å². The zero-order valence-corrected chi connectivity index (χ0v) is 11.1. The molecule has 1 aliphatic heterocycles. The van der Waals surface area contributed by atoms with E-state index in [9.17, 15) is 15.0 Å². The van der Waals surface area contributed by atoms with E-state index in [1.165, 1.54) is 11.0 Å². The van der Waals surface area contributed by atoms with Crippen LogP contribution < -0.4 is 0 Å². The Labute approximate surface area is 117 Å². The van der Waals surface area contributed by atoms with Gasteiger partial charge in [0.1, 0.15) is 6.61 Å². The Bertz CT molecular complexity index is 466. The third kappa shape index (κ3) is 3.15. The van der Waals surface area contributed by atoms with E-state index in [-0.39, 0.29) is 13.2 Å². The SMILES string of the molecule is C=CCOC(=O)N1C[C@H](O)C[C@H]1[C@@H](O)c1ccncc1. The van der Waals surface area contributed by atoms with Gasteiger partial charge in [-0.3, -0.25) is 9.88 Å². The maximum atomic E-state index is 11.9. The molecule has 0 bridgehead atoms.